The summed E-state index contributed by atoms with van der Waals surface area (Å²) in [6, 6.07) is 15.1. The molecule has 0 aliphatic rings. The van der Waals surface area contributed by atoms with Gasteiger partial charge in [-0.25, -0.2) is 0 Å². The first-order chi connectivity index (χ1) is 11.2. The molecule has 0 fully saturated rings. The topological polar surface area (TPSA) is 78.1 Å². The number of nitrogens with zero attached hydrogens (tertiary/aromatic N) is 1. The molecule has 1 aromatic heterocycles. The molecule has 2 aromatic rings. The zero-order chi connectivity index (χ0) is 16.5. The molecule has 1 heterocycles. The fourth-order valence-electron chi connectivity index (χ4n) is 1.91. The van der Waals surface area contributed by atoms with Crippen molar-refractivity contribution in [1.82, 2.24) is 10.6 Å². The van der Waals surface area contributed by atoms with Crippen LogP contribution in [0.2, 0.25) is 0 Å². The number of amides is 1. The first kappa shape index (κ1) is 16.7. The van der Waals surface area contributed by atoms with E-state index in [1.54, 1.807) is 12.3 Å². The molecule has 1 amide bonds. The molecule has 5 nitrogen and oxygen atoms in total. The van der Waals surface area contributed by atoms with Gasteiger partial charge in [0.15, 0.2) is 0 Å². The minimum atomic E-state index is -0.396. The van der Waals surface area contributed by atoms with Gasteiger partial charge in [0.05, 0.1) is 17.8 Å². The number of carbonyl (C=O) groups is 1. The second-order valence-corrected chi connectivity index (χ2v) is 5.44. The van der Waals surface area contributed by atoms with Crippen molar-refractivity contribution in [2.75, 3.05) is 6.26 Å². The molecular formula is C17H17N3O2S. The fraction of sp³-hybridized carbons (Fsp3) is 0.176. The summed E-state index contributed by atoms with van der Waals surface area (Å²) in [7, 11) is 0. The van der Waals surface area contributed by atoms with E-state index in [1.807, 2.05) is 48.7 Å². The highest BCUT2D eigenvalue weighted by molar-refractivity contribution is 8.02. The van der Waals surface area contributed by atoms with Gasteiger partial charge in [0.1, 0.15) is 17.4 Å². The Kier molecular flexibility index (Phi) is 6.33. The number of benzene rings is 1. The summed E-state index contributed by atoms with van der Waals surface area (Å²) in [5.74, 6) is 0.339. The molecule has 0 aliphatic heterocycles. The second-order valence-electron chi connectivity index (χ2n) is 4.62. The molecule has 0 saturated carbocycles. The zero-order valence-corrected chi connectivity index (χ0v) is 13.5. The Morgan fingerprint density at radius 2 is 1.96 bits per heavy atom. The van der Waals surface area contributed by atoms with E-state index >= 15 is 0 Å². The van der Waals surface area contributed by atoms with E-state index in [2.05, 4.69) is 10.6 Å². The standard InChI is InChI=1S/C17H17N3O2S/c1-23-17(20-12-14-8-5-9-22-14)15(10-18)16(21)19-11-13-6-3-2-4-7-13/h2-9,20H,11-12H2,1H3,(H,19,21). The number of furan rings is 1. The Labute approximate surface area is 139 Å². The van der Waals surface area contributed by atoms with Crippen molar-refractivity contribution in [2.24, 2.45) is 0 Å². The van der Waals surface area contributed by atoms with Crippen molar-refractivity contribution in [3.63, 3.8) is 0 Å². The number of hydrogen-bond donors (Lipinski definition) is 2. The van der Waals surface area contributed by atoms with Crippen LogP contribution >= 0.6 is 11.8 Å². The summed E-state index contributed by atoms with van der Waals surface area (Å²) < 4.78 is 5.23. The van der Waals surface area contributed by atoms with Crippen molar-refractivity contribution in [3.8, 4) is 6.07 Å². The van der Waals surface area contributed by atoms with Gasteiger partial charge in [-0.1, -0.05) is 30.3 Å². The van der Waals surface area contributed by atoms with Crippen LogP contribution in [-0.4, -0.2) is 12.2 Å². The number of nitrogens with one attached hydrogen (secondary N) is 2. The fourth-order valence-corrected chi connectivity index (χ4v) is 2.47. The first-order valence-corrected chi connectivity index (χ1v) is 8.23. The summed E-state index contributed by atoms with van der Waals surface area (Å²) in [4.78, 5) is 12.2. The van der Waals surface area contributed by atoms with Crippen LogP contribution in [0.4, 0.5) is 0 Å². The molecule has 118 valence electrons. The minimum Gasteiger partial charge on any atom is -0.467 e. The molecule has 1 aromatic carbocycles. The molecule has 0 bridgehead atoms. The van der Waals surface area contributed by atoms with E-state index in [1.165, 1.54) is 11.8 Å². The highest BCUT2D eigenvalue weighted by atomic mass is 32.2. The number of rotatable bonds is 7. The lowest BCUT2D eigenvalue weighted by atomic mass is 10.2. The number of nitriles is 1. The zero-order valence-electron chi connectivity index (χ0n) is 12.7. The molecule has 0 radical (unpaired) electrons. The normalized spacial score (nSPS) is 11.3. The van der Waals surface area contributed by atoms with Crippen LogP contribution in [0.5, 0.6) is 0 Å². The van der Waals surface area contributed by atoms with E-state index in [-0.39, 0.29) is 5.57 Å². The van der Waals surface area contributed by atoms with Crippen molar-refractivity contribution >= 4 is 17.7 Å². The highest BCUT2D eigenvalue weighted by Crippen LogP contribution is 2.15. The summed E-state index contributed by atoms with van der Waals surface area (Å²) in [6.07, 6.45) is 3.39. The van der Waals surface area contributed by atoms with Crippen molar-refractivity contribution in [1.29, 1.82) is 5.26 Å². The Hall–Kier alpha value is -2.65. The van der Waals surface area contributed by atoms with Crippen molar-refractivity contribution in [3.05, 3.63) is 70.7 Å². The third-order valence-corrected chi connectivity index (χ3v) is 3.83. The lowest BCUT2D eigenvalue weighted by molar-refractivity contribution is -0.117. The third-order valence-electron chi connectivity index (χ3n) is 3.07. The third kappa shape index (κ3) is 4.94. The van der Waals surface area contributed by atoms with Gasteiger partial charge in [0.2, 0.25) is 0 Å². The van der Waals surface area contributed by atoms with Crippen LogP contribution in [0, 0.1) is 11.3 Å². The van der Waals surface area contributed by atoms with E-state index in [0.29, 0.717) is 18.1 Å². The number of hydrogen-bond acceptors (Lipinski definition) is 5. The van der Waals surface area contributed by atoms with Crippen LogP contribution in [0.15, 0.2) is 63.7 Å². The van der Waals surface area contributed by atoms with Gasteiger partial charge in [-0.3, -0.25) is 4.79 Å². The molecule has 0 saturated heterocycles. The summed E-state index contributed by atoms with van der Waals surface area (Å²) in [6.45, 7) is 0.797. The largest absolute Gasteiger partial charge is 0.467 e. The van der Waals surface area contributed by atoms with Gasteiger partial charge in [0.25, 0.3) is 5.91 Å². The van der Waals surface area contributed by atoms with Gasteiger partial charge in [-0.05, 0) is 24.0 Å². The number of thioether (sulfide) groups is 1. The lowest BCUT2D eigenvalue weighted by Gasteiger charge is -2.10. The van der Waals surface area contributed by atoms with Crippen LogP contribution < -0.4 is 10.6 Å². The Balaban J connectivity index is 2.01. The van der Waals surface area contributed by atoms with Crippen LogP contribution in [0.1, 0.15) is 11.3 Å². The van der Waals surface area contributed by atoms with E-state index in [9.17, 15) is 10.1 Å². The van der Waals surface area contributed by atoms with Crippen LogP contribution in [0.25, 0.3) is 0 Å². The maximum Gasteiger partial charge on any atom is 0.264 e. The Bertz CT molecular complexity index is 703. The Morgan fingerprint density at radius 3 is 2.57 bits per heavy atom. The van der Waals surface area contributed by atoms with E-state index < -0.39 is 5.91 Å². The van der Waals surface area contributed by atoms with Gasteiger partial charge in [-0.15, -0.1) is 11.8 Å². The highest BCUT2D eigenvalue weighted by Gasteiger charge is 2.15. The summed E-state index contributed by atoms with van der Waals surface area (Å²) >= 11 is 1.32. The first-order valence-electron chi connectivity index (χ1n) is 7.01. The molecule has 0 unspecified atom stereocenters. The average molecular weight is 327 g/mol. The predicted molar refractivity (Wildman–Crippen MR) is 90.0 cm³/mol. The molecule has 0 aliphatic carbocycles. The molecule has 2 N–H and O–H groups in total. The molecule has 0 spiro atoms. The predicted octanol–water partition coefficient (Wildman–Crippen LogP) is 2.78. The Morgan fingerprint density at radius 1 is 1.17 bits per heavy atom. The smallest absolute Gasteiger partial charge is 0.264 e. The SMILES string of the molecule is CSC(NCc1ccco1)=C(C#N)C(=O)NCc1ccccc1. The van der Waals surface area contributed by atoms with Crippen LogP contribution in [0.3, 0.4) is 0 Å². The van der Waals surface area contributed by atoms with Gasteiger partial charge in [-0.2, -0.15) is 5.26 Å². The maximum absolute atomic E-state index is 12.2. The summed E-state index contributed by atoms with van der Waals surface area (Å²) in [5, 5.41) is 15.7. The van der Waals surface area contributed by atoms with Gasteiger partial charge >= 0.3 is 0 Å². The lowest BCUT2D eigenvalue weighted by Crippen LogP contribution is -2.27. The summed E-state index contributed by atoms with van der Waals surface area (Å²) in [5.41, 5.74) is 1.05. The second kappa shape index (κ2) is 8.71. The van der Waals surface area contributed by atoms with Gasteiger partial charge < -0.3 is 15.1 Å². The quantitative estimate of drug-likeness (QED) is 0.604. The number of carbonyl (C=O) groups excluding carboxylic acids is 1. The van der Waals surface area contributed by atoms with Crippen molar-refractivity contribution in [2.45, 2.75) is 13.1 Å². The van der Waals surface area contributed by atoms with E-state index in [4.69, 9.17) is 4.42 Å². The molecule has 6 heteroatoms. The van der Waals surface area contributed by atoms with Crippen LogP contribution in [-0.2, 0) is 17.9 Å². The molecule has 0 atom stereocenters. The monoisotopic (exact) mass is 327 g/mol. The molecule has 2 rings (SSSR count). The minimum absolute atomic E-state index is 0.0694. The molecular weight excluding hydrogens is 310 g/mol. The van der Waals surface area contributed by atoms with Gasteiger partial charge in [0, 0.05) is 6.54 Å². The van der Waals surface area contributed by atoms with E-state index in [0.717, 1.165) is 11.3 Å². The average Bonchev–Trinajstić information content (AvgIpc) is 3.11. The molecule has 23 heavy (non-hydrogen) atoms. The maximum atomic E-state index is 12.2. The van der Waals surface area contributed by atoms with Crippen molar-refractivity contribution < 1.29 is 9.21 Å².